The quantitative estimate of drug-likeness (QED) is 0.690. The Morgan fingerprint density at radius 3 is 2.54 bits per heavy atom. The Kier molecular flexibility index (Phi) is 5.44. The van der Waals surface area contributed by atoms with E-state index in [1.165, 1.54) is 16.1 Å². The minimum absolute atomic E-state index is 0.162. The molecule has 2 aliphatic rings. The summed E-state index contributed by atoms with van der Waals surface area (Å²) >= 11 is 1.37. The highest BCUT2D eigenvalue weighted by Gasteiger charge is 2.29. The summed E-state index contributed by atoms with van der Waals surface area (Å²) in [6.45, 7) is 2.96. The number of anilines is 1. The Morgan fingerprint density at radius 1 is 1.21 bits per heavy atom. The smallest absolute Gasteiger partial charge is 0.243 e. The highest BCUT2D eigenvalue weighted by Crippen LogP contribution is 2.38. The van der Waals surface area contributed by atoms with Gasteiger partial charge in [-0.1, -0.05) is 11.8 Å². The first-order chi connectivity index (χ1) is 13.4. The number of benzene rings is 1. The van der Waals surface area contributed by atoms with E-state index in [0.717, 1.165) is 30.8 Å². The summed E-state index contributed by atoms with van der Waals surface area (Å²) in [5.41, 5.74) is 0.571. The maximum atomic E-state index is 12.6. The molecule has 28 heavy (non-hydrogen) atoms. The molecule has 1 aliphatic heterocycles. The van der Waals surface area contributed by atoms with Crippen LogP contribution in [0.1, 0.15) is 38.6 Å². The van der Waals surface area contributed by atoms with Gasteiger partial charge in [-0.3, -0.25) is 4.79 Å². The molecule has 1 saturated carbocycles. The summed E-state index contributed by atoms with van der Waals surface area (Å²) in [6.07, 6.45) is 5.76. The normalized spacial score (nSPS) is 18.9. The van der Waals surface area contributed by atoms with E-state index in [9.17, 15) is 13.2 Å². The van der Waals surface area contributed by atoms with Crippen LogP contribution in [0.2, 0.25) is 0 Å². The third-order valence-corrected chi connectivity index (χ3v) is 7.94. The van der Waals surface area contributed by atoms with Crippen molar-refractivity contribution in [3.8, 4) is 0 Å². The molecular formula is C18H23N5O3S2. The first-order valence-electron chi connectivity index (χ1n) is 9.42. The molecule has 1 aromatic carbocycles. The molecule has 0 spiro atoms. The van der Waals surface area contributed by atoms with Gasteiger partial charge < -0.3 is 9.88 Å². The number of carbonyl (C=O) groups excluding carboxylic acids is 1. The summed E-state index contributed by atoms with van der Waals surface area (Å²) in [4.78, 5) is 12.8. The zero-order valence-corrected chi connectivity index (χ0v) is 17.2. The summed E-state index contributed by atoms with van der Waals surface area (Å²) in [6, 6.07) is 6.81. The Bertz CT molecular complexity index is 948. The summed E-state index contributed by atoms with van der Waals surface area (Å²) < 4.78 is 28.7. The van der Waals surface area contributed by atoms with Gasteiger partial charge in [0.05, 0.1) is 10.1 Å². The van der Waals surface area contributed by atoms with Crippen molar-refractivity contribution >= 4 is 33.4 Å². The highest BCUT2D eigenvalue weighted by atomic mass is 32.2. The van der Waals surface area contributed by atoms with Gasteiger partial charge in [-0.15, -0.1) is 10.2 Å². The van der Waals surface area contributed by atoms with Crippen LogP contribution in [0.4, 0.5) is 5.69 Å². The lowest BCUT2D eigenvalue weighted by molar-refractivity contribution is -0.115. The number of sulfonamides is 1. The molecule has 1 aromatic heterocycles. The topological polar surface area (TPSA) is 97.2 Å². The number of nitrogens with one attached hydrogen (secondary N) is 1. The Hall–Kier alpha value is -1.91. The number of aromatic nitrogens is 3. The summed E-state index contributed by atoms with van der Waals surface area (Å²) in [5, 5.41) is 11.3. The number of amides is 1. The molecule has 1 atom stereocenters. The third-order valence-electron chi connectivity index (χ3n) is 4.96. The fourth-order valence-electron chi connectivity index (χ4n) is 3.16. The van der Waals surface area contributed by atoms with Crippen LogP contribution in [0.3, 0.4) is 0 Å². The molecule has 1 amide bonds. The minimum atomic E-state index is -3.44. The second-order valence-corrected chi connectivity index (χ2v) is 10.4. The van der Waals surface area contributed by atoms with Gasteiger partial charge in [-0.25, -0.2) is 8.42 Å². The van der Waals surface area contributed by atoms with Crippen molar-refractivity contribution in [2.75, 3.05) is 18.4 Å². The second-order valence-electron chi connectivity index (χ2n) is 7.14. The van der Waals surface area contributed by atoms with Crippen molar-refractivity contribution in [3.05, 3.63) is 30.6 Å². The van der Waals surface area contributed by atoms with E-state index in [-0.39, 0.29) is 16.1 Å². The Labute approximate surface area is 168 Å². The molecule has 10 heteroatoms. The number of carbonyl (C=O) groups is 1. The van der Waals surface area contributed by atoms with Crippen LogP contribution in [0.15, 0.2) is 40.6 Å². The Morgan fingerprint density at radius 2 is 1.89 bits per heavy atom. The van der Waals surface area contributed by atoms with E-state index in [4.69, 9.17) is 0 Å². The molecule has 4 rings (SSSR count). The first-order valence-corrected chi connectivity index (χ1v) is 11.7. The number of thioether (sulfide) groups is 1. The van der Waals surface area contributed by atoms with Crippen molar-refractivity contribution in [1.82, 2.24) is 19.1 Å². The van der Waals surface area contributed by atoms with Gasteiger partial charge in [0.25, 0.3) is 0 Å². The molecular weight excluding hydrogens is 398 g/mol. The van der Waals surface area contributed by atoms with Gasteiger partial charge in [0.15, 0.2) is 5.16 Å². The lowest BCUT2D eigenvalue weighted by Crippen LogP contribution is -2.27. The number of hydrogen-bond acceptors (Lipinski definition) is 6. The molecule has 8 nitrogen and oxygen atoms in total. The van der Waals surface area contributed by atoms with Crippen molar-refractivity contribution in [3.63, 3.8) is 0 Å². The fourth-order valence-corrected chi connectivity index (χ4v) is 5.57. The summed E-state index contributed by atoms with van der Waals surface area (Å²) in [5.74, 6) is -0.162. The van der Waals surface area contributed by atoms with E-state index in [2.05, 4.69) is 15.5 Å². The molecule has 0 unspecified atom stereocenters. The minimum Gasteiger partial charge on any atom is -0.325 e. The average molecular weight is 422 g/mol. The predicted octanol–water partition coefficient (Wildman–Crippen LogP) is 2.52. The van der Waals surface area contributed by atoms with Crippen molar-refractivity contribution in [2.24, 2.45) is 0 Å². The molecule has 1 aliphatic carbocycles. The van der Waals surface area contributed by atoms with E-state index < -0.39 is 10.0 Å². The van der Waals surface area contributed by atoms with Crippen LogP contribution in [0, 0.1) is 0 Å². The largest absolute Gasteiger partial charge is 0.325 e. The molecule has 2 heterocycles. The van der Waals surface area contributed by atoms with Gasteiger partial charge >= 0.3 is 0 Å². The maximum Gasteiger partial charge on any atom is 0.243 e. The van der Waals surface area contributed by atoms with Gasteiger partial charge in [0, 0.05) is 24.8 Å². The van der Waals surface area contributed by atoms with Crippen LogP contribution < -0.4 is 5.32 Å². The van der Waals surface area contributed by atoms with Crippen LogP contribution in [0.5, 0.6) is 0 Å². The molecule has 150 valence electrons. The van der Waals surface area contributed by atoms with Crippen LogP contribution in [-0.4, -0.2) is 51.7 Å². The number of hydrogen-bond donors (Lipinski definition) is 1. The third kappa shape index (κ3) is 4.08. The van der Waals surface area contributed by atoms with E-state index in [1.807, 2.05) is 11.5 Å². The zero-order valence-electron chi connectivity index (χ0n) is 15.6. The molecule has 2 fully saturated rings. The highest BCUT2D eigenvalue weighted by molar-refractivity contribution is 8.00. The average Bonchev–Trinajstić information content (AvgIpc) is 3.17. The predicted molar refractivity (Wildman–Crippen MR) is 107 cm³/mol. The van der Waals surface area contributed by atoms with Gasteiger partial charge in [0.2, 0.25) is 15.9 Å². The SMILES string of the molecule is C[C@H](Sc1nncn1C1CC1)C(=O)Nc1ccc(S(=O)(=O)N2CCCC2)cc1. The Balaban J connectivity index is 1.38. The van der Waals surface area contributed by atoms with Crippen LogP contribution >= 0.6 is 11.8 Å². The molecule has 2 aromatic rings. The van der Waals surface area contributed by atoms with E-state index in [1.54, 1.807) is 30.6 Å². The van der Waals surface area contributed by atoms with Gasteiger partial charge in [0.1, 0.15) is 6.33 Å². The second kappa shape index (κ2) is 7.84. The standard InChI is InChI=1S/C18H23N5O3S2/c1-13(27-18-21-19-12-23(18)15-6-7-15)17(24)20-14-4-8-16(9-5-14)28(25,26)22-10-2-3-11-22/h4-5,8-9,12-13,15H,2-3,6-7,10-11H2,1H3,(H,20,24)/t13-/m0/s1. The van der Waals surface area contributed by atoms with Crippen molar-refractivity contribution in [2.45, 2.75) is 54.0 Å². The molecule has 0 radical (unpaired) electrons. The number of rotatable bonds is 7. The summed E-state index contributed by atoms with van der Waals surface area (Å²) in [7, 11) is -3.44. The van der Waals surface area contributed by atoms with Crippen molar-refractivity contribution in [1.29, 1.82) is 0 Å². The van der Waals surface area contributed by atoms with E-state index >= 15 is 0 Å². The molecule has 0 bridgehead atoms. The van der Waals surface area contributed by atoms with Gasteiger partial charge in [-0.2, -0.15) is 4.31 Å². The van der Waals surface area contributed by atoms with Crippen LogP contribution in [-0.2, 0) is 14.8 Å². The number of nitrogens with zero attached hydrogens (tertiary/aromatic N) is 4. The molecule has 1 N–H and O–H groups in total. The lowest BCUT2D eigenvalue weighted by Gasteiger charge is -2.16. The van der Waals surface area contributed by atoms with Crippen LogP contribution in [0.25, 0.3) is 0 Å². The van der Waals surface area contributed by atoms with E-state index in [0.29, 0.717) is 24.8 Å². The lowest BCUT2D eigenvalue weighted by atomic mass is 10.3. The van der Waals surface area contributed by atoms with Gasteiger partial charge in [-0.05, 0) is 56.9 Å². The monoisotopic (exact) mass is 421 g/mol. The fraction of sp³-hybridized carbons (Fsp3) is 0.500. The molecule has 1 saturated heterocycles. The zero-order chi connectivity index (χ0) is 19.7. The van der Waals surface area contributed by atoms with Crippen molar-refractivity contribution < 1.29 is 13.2 Å². The first kappa shape index (κ1) is 19.4. The maximum absolute atomic E-state index is 12.6.